The van der Waals surface area contributed by atoms with E-state index in [2.05, 4.69) is 10.4 Å². The molecule has 1 amide bonds. The number of aryl methyl sites for hydroxylation is 2. The van der Waals surface area contributed by atoms with Gasteiger partial charge in [0.1, 0.15) is 5.75 Å². The van der Waals surface area contributed by atoms with Gasteiger partial charge in [0.15, 0.2) is 5.75 Å². The molecule has 0 atom stereocenters. The first-order chi connectivity index (χ1) is 16.2. The largest absolute Gasteiger partial charge is 0.455 e. The summed E-state index contributed by atoms with van der Waals surface area (Å²) in [5.74, 6) is 0.712. The van der Waals surface area contributed by atoms with Crippen LogP contribution >= 0.6 is 0 Å². The maximum atomic E-state index is 13.1. The van der Waals surface area contributed by atoms with Crippen molar-refractivity contribution in [3.8, 4) is 11.5 Å². The van der Waals surface area contributed by atoms with Gasteiger partial charge < -0.3 is 10.1 Å². The van der Waals surface area contributed by atoms with Crippen LogP contribution < -0.4 is 10.1 Å². The molecule has 182 valence electrons. The molecule has 1 N–H and O–H groups in total. The summed E-state index contributed by atoms with van der Waals surface area (Å²) in [6.45, 7) is 8.19. The molecule has 0 spiro atoms. The number of aromatic nitrogens is 2. The average Bonchev–Trinajstić information content (AvgIpc) is 3.05. The maximum Gasteiger partial charge on any atom is 0.243 e. The highest BCUT2D eigenvalue weighted by molar-refractivity contribution is 7.89. The lowest BCUT2D eigenvalue weighted by Gasteiger charge is -2.20. The SMILES string of the molecule is CCN(CC)S(=O)(=O)c1ccc(Oc2ccccc2)c(NC(=O)CCc2c(C)nn(C)c2C)c1. The van der Waals surface area contributed by atoms with Crippen LogP contribution in [0.1, 0.15) is 37.2 Å². The molecule has 1 aromatic heterocycles. The van der Waals surface area contributed by atoms with Crippen molar-refractivity contribution in [3.05, 3.63) is 65.5 Å². The number of amides is 1. The van der Waals surface area contributed by atoms with Crippen LogP contribution in [0, 0.1) is 13.8 Å². The molecule has 2 aromatic carbocycles. The van der Waals surface area contributed by atoms with Crippen molar-refractivity contribution in [1.29, 1.82) is 0 Å². The van der Waals surface area contributed by atoms with E-state index in [0.717, 1.165) is 17.0 Å². The first kappa shape index (κ1) is 25.5. The van der Waals surface area contributed by atoms with Gasteiger partial charge in [-0.1, -0.05) is 32.0 Å². The number of hydrogen-bond donors (Lipinski definition) is 1. The standard InChI is InChI=1S/C25H32N4O4S/c1-6-29(7-2)34(31,32)21-13-15-24(33-20-11-9-8-10-12-20)23(17-21)26-25(30)16-14-22-18(3)27-28(5)19(22)4/h8-13,15,17H,6-7,14,16H2,1-5H3,(H,26,30). The number of sulfonamides is 1. The van der Waals surface area contributed by atoms with Crippen LogP contribution in [0.5, 0.6) is 11.5 Å². The molecule has 3 rings (SSSR count). The summed E-state index contributed by atoms with van der Waals surface area (Å²) in [4.78, 5) is 13.0. The highest BCUT2D eigenvalue weighted by Gasteiger charge is 2.23. The van der Waals surface area contributed by atoms with Crippen LogP contribution in [-0.2, 0) is 28.3 Å². The molecule has 1 heterocycles. The molecule has 8 nitrogen and oxygen atoms in total. The van der Waals surface area contributed by atoms with E-state index < -0.39 is 10.0 Å². The number of benzene rings is 2. The first-order valence-corrected chi connectivity index (χ1v) is 12.8. The molecular formula is C25H32N4O4S. The molecule has 0 fully saturated rings. The number of ether oxygens (including phenoxy) is 1. The smallest absolute Gasteiger partial charge is 0.243 e. The normalized spacial score (nSPS) is 11.6. The van der Waals surface area contributed by atoms with E-state index in [1.165, 1.54) is 16.4 Å². The zero-order valence-corrected chi connectivity index (χ0v) is 21.1. The number of nitrogens with one attached hydrogen (secondary N) is 1. The quantitative estimate of drug-likeness (QED) is 0.459. The highest BCUT2D eigenvalue weighted by Crippen LogP contribution is 2.33. The summed E-state index contributed by atoms with van der Waals surface area (Å²) >= 11 is 0. The van der Waals surface area contributed by atoms with Gasteiger partial charge in [-0.25, -0.2) is 8.42 Å². The third-order valence-electron chi connectivity index (χ3n) is 5.80. The molecular weight excluding hydrogens is 452 g/mol. The number of carbonyl (C=O) groups is 1. The molecule has 0 aliphatic carbocycles. The molecule has 9 heteroatoms. The summed E-state index contributed by atoms with van der Waals surface area (Å²) in [5.41, 5.74) is 3.26. The maximum absolute atomic E-state index is 13.1. The number of hydrogen-bond acceptors (Lipinski definition) is 5. The zero-order valence-electron chi connectivity index (χ0n) is 20.3. The number of rotatable bonds is 10. The van der Waals surface area contributed by atoms with Gasteiger partial charge in [-0.15, -0.1) is 0 Å². The van der Waals surface area contributed by atoms with Gasteiger partial charge in [-0.2, -0.15) is 9.40 Å². The molecule has 0 saturated carbocycles. The van der Waals surface area contributed by atoms with Crippen molar-refractivity contribution >= 4 is 21.6 Å². The minimum absolute atomic E-state index is 0.103. The fourth-order valence-corrected chi connectivity index (χ4v) is 5.30. The fraction of sp³-hybridized carbons (Fsp3) is 0.360. The van der Waals surface area contributed by atoms with E-state index in [0.29, 0.717) is 36.7 Å². The minimum Gasteiger partial charge on any atom is -0.455 e. The summed E-state index contributed by atoms with van der Waals surface area (Å²) < 4.78 is 35.2. The van der Waals surface area contributed by atoms with E-state index in [1.54, 1.807) is 36.7 Å². The van der Waals surface area contributed by atoms with Crippen molar-refractivity contribution in [2.75, 3.05) is 18.4 Å². The van der Waals surface area contributed by atoms with E-state index >= 15 is 0 Å². The van der Waals surface area contributed by atoms with Crippen molar-refractivity contribution < 1.29 is 17.9 Å². The van der Waals surface area contributed by atoms with Gasteiger partial charge in [-0.05, 0) is 56.2 Å². The molecule has 3 aromatic rings. The fourth-order valence-electron chi connectivity index (χ4n) is 3.81. The van der Waals surface area contributed by atoms with Gasteiger partial charge in [0, 0.05) is 32.3 Å². The molecule has 0 radical (unpaired) electrons. The zero-order chi connectivity index (χ0) is 24.9. The van der Waals surface area contributed by atoms with Crippen LogP contribution in [-0.4, -0.2) is 41.5 Å². The second-order valence-corrected chi connectivity index (χ2v) is 9.92. The van der Waals surface area contributed by atoms with Crippen LogP contribution in [0.2, 0.25) is 0 Å². The lowest BCUT2D eigenvalue weighted by Crippen LogP contribution is -2.30. The lowest BCUT2D eigenvalue weighted by atomic mass is 10.1. The Morgan fingerprint density at radius 1 is 1.09 bits per heavy atom. The highest BCUT2D eigenvalue weighted by atomic mass is 32.2. The number of nitrogens with zero attached hydrogens (tertiary/aromatic N) is 3. The van der Waals surface area contributed by atoms with E-state index in [9.17, 15) is 13.2 Å². The van der Waals surface area contributed by atoms with Gasteiger partial charge in [0.05, 0.1) is 16.3 Å². The lowest BCUT2D eigenvalue weighted by molar-refractivity contribution is -0.116. The summed E-state index contributed by atoms with van der Waals surface area (Å²) in [5, 5.41) is 7.26. The monoisotopic (exact) mass is 484 g/mol. The van der Waals surface area contributed by atoms with Crippen molar-refractivity contribution in [3.63, 3.8) is 0 Å². The van der Waals surface area contributed by atoms with Crippen LogP contribution in [0.15, 0.2) is 53.4 Å². The number of carbonyl (C=O) groups excluding carboxylic acids is 1. The third-order valence-corrected chi connectivity index (χ3v) is 7.85. The molecule has 0 saturated heterocycles. The molecule has 0 aliphatic heterocycles. The predicted octanol–water partition coefficient (Wildman–Crippen LogP) is 4.43. The summed E-state index contributed by atoms with van der Waals surface area (Å²) in [6.07, 6.45) is 0.759. The van der Waals surface area contributed by atoms with Gasteiger partial charge in [0.2, 0.25) is 15.9 Å². The summed E-state index contributed by atoms with van der Waals surface area (Å²) in [6, 6.07) is 13.7. The van der Waals surface area contributed by atoms with E-state index in [-0.39, 0.29) is 17.2 Å². The Morgan fingerprint density at radius 2 is 1.76 bits per heavy atom. The van der Waals surface area contributed by atoms with Gasteiger partial charge >= 0.3 is 0 Å². The third kappa shape index (κ3) is 5.66. The Bertz CT molecular complexity index is 1250. The second-order valence-electron chi connectivity index (χ2n) is 7.98. The second kappa shape index (κ2) is 10.8. The van der Waals surface area contributed by atoms with Crippen molar-refractivity contribution in [2.45, 2.75) is 45.4 Å². The van der Waals surface area contributed by atoms with Gasteiger partial charge in [0.25, 0.3) is 0 Å². The van der Waals surface area contributed by atoms with Crippen LogP contribution in [0.25, 0.3) is 0 Å². The number of para-hydroxylation sites is 1. The minimum atomic E-state index is -3.70. The Hall–Kier alpha value is -3.17. The topological polar surface area (TPSA) is 93.5 Å². The Labute approximate surface area is 201 Å². The van der Waals surface area contributed by atoms with E-state index in [4.69, 9.17) is 4.74 Å². The molecule has 0 aliphatic rings. The first-order valence-electron chi connectivity index (χ1n) is 11.3. The average molecular weight is 485 g/mol. The molecule has 0 unspecified atom stereocenters. The van der Waals surface area contributed by atoms with Gasteiger partial charge in [-0.3, -0.25) is 9.48 Å². The summed E-state index contributed by atoms with van der Waals surface area (Å²) in [7, 11) is -1.82. The van der Waals surface area contributed by atoms with Crippen LogP contribution in [0.3, 0.4) is 0 Å². The van der Waals surface area contributed by atoms with Crippen molar-refractivity contribution in [2.24, 2.45) is 7.05 Å². The number of anilines is 1. The predicted molar refractivity (Wildman–Crippen MR) is 133 cm³/mol. The van der Waals surface area contributed by atoms with E-state index in [1.807, 2.05) is 39.1 Å². The molecule has 0 bridgehead atoms. The Morgan fingerprint density at radius 3 is 2.35 bits per heavy atom. The molecule has 34 heavy (non-hydrogen) atoms. The van der Waals surface area contributed by atoms with Crippen LogP contribution in [0.4, 0.5) is 5.69 Å². The Kier molecular flexibility index (Phi) is 8.11. The van der Waals surface area contributed by atoms with Crippen molar-refractivity contribution in [1.82, 2.24) is 14.1 Å². The Balaban J connectivity index is 1.89.